The van der Waals surface area contributed by atoms with Gasteiger partial charge in [0.2, 0.25) is 6.17 Å². The van der Waals surface area contributed by atoms with Gasteiger partial charge in [-0.1, -0.05) is 12.1 Å². The lowest BCUT2D eigenvalue weighted by Crippen LogP contribution is -2.31. The molecule has 1 aromatic rings. The zero-order valence-electron chi connectivity index (χ0n) is 11.2. The second kappa shape index (κ2) is 7.96. The van der Waals surface area contributed by atoms with E-state index in [1.165, 1.54) is 0 Å². The minimum absolute atomic E-state index is 0. The predicted molar refractivity (Wildman–Crippen MR) is 73.4 cm³/mol. The smallest absolute Gasteiger partial charge is 0.342 e. The Morgan fingerprint density at radius 3 is 2.58 bits per heavy atom. The number of hydrogen-bond acceptors (Lipinski definition) is 4. The Kier molecular flexibility index (Phi) is 7.41. The molecule has 0 amide bonds. The van der Waals surface area contributed by atoms with Crippen molar-refractivity contribution in [1.82, 2.24) is 0 Å². The first kappa shape index (κ1) is 17.7. The summed E-state index contributed by atoms with van der Waals surface area (Å²) in [6.07, 6.45) is -1.86. The summed E-state index contributed by atoms with van der Waals surface area (Å²) in [7, 11) is 1.55. The molecule has 0 spiro atoms. The molecule has 0 fully saturated rings. The van der Waals surface area contributed by atoms with Crippen molar-refractivity contribution in [3.63, 3.8) is 0 Å². The van der Waals surface area contributed by atoms with E-state index in [2.05, 4.69) is 4.74 Å². The maximum absolute atomic E-state index is 13.7. The van der Waals surface area contributed by atoms with Crippen molar-refractivity contribution in [2.24, 2.45) is 5.73 Å². The molecule has 0 aliphatic rings. The van der Waals surface area contributed by atoms with E-state index < -0.39 is 18.2 Å². The topological polar surface area (TPSA) is 61.5 Å². The van der Waals surface area contributed by atoms with Crippen LogP contribution in [-0.2, 0) is 9.53 Å². The average Bonchev–Trinajstić information content (AvgIpc) is 2.37. The van der Waals surface area contributed by atoms with Gasteiger partial charge in [0, 0.05) is 0 Å². The molecule has 0 aromatic heterocycles. The van der Waals surface area contributed by atoms with Crippen LogP contribution in [0.5, 0.6) is 5.75 Å². The number of carbonyl (C=O) groups excluding carboxylic acids is 1. The number of esters is 1. The van der Waals surface area contributed by atoms with Gasteiger partial charge < -0.3 is 15.2 Å². The molecule has 2 atom stereocenters. The van der Waals surface area contributed by atoms with Crippen LogP contribution >= 0.6 is 12.4 Å². The lowest BCUT2D eigenvalue weighted by atomic mass is 10.0. The lowest BCUT2D eigenvalue weighted by molar-refractivity contribution is -0.149. The third-order valence-electron chi connectivity index (χ3n) is 2.63. The van der Waals surface area contributed by atoms with Crippen molar-refractivity contribution in [2.75, 3.05) is 13.7 Å². The molecular formula is C13H19ClFNO3. The van der Waals surface area contributed by atoms with E-state index in [1.807, 2.05) is 6.92 Å². The summed E-state index contributed by atoms with van der Waals surface area (Å²) in [6, 6.07) is 4.01. The Morgan fingerprint density at radius 2 is 2.11 bits per heavy atom. The molecule has 1 rings (SSSR count). The molecule has 0 saturated heterocycles. The van der Waals surface area contributed by atoms with Crippen LogP contribution in [-0.4, -0.2) is 25.9 Å². The lowest BCUT2D eigenvalue weighted by Gasteiger charge is -2.17. The zero-order valence-corrected chi connectivity index (χ0v) is 12.0. The number of nitrogens with two attached hydrogens (primary N) is 1. The maximum Gasteiger partial charge on any atom is 0.342 e. The van der Waals surface area contributed by atoms with Gasteiger partial charge in [0.15, 0.2) is 0 Å². The van der Waals surface area contributed by atoms with E-state index in [-0.39, 0.29) is 19.0 Å². The quantitative estimate of drug-likeness (QED) is 0.846. The molecule has 6 heteroatoms. The van der Waals surface area contributed by atoms with Crippen LogP contribution in [0.1, 0.15) is 24.1 Å². The SMILES string of the molecule is CCOC(=O)C(F)[C@@H](N)c1ccc(OC)c(C)c1.Cl. The second-order valence-corrected chi connectivity index (χ2v) is 3.91. The second-order valence-electron chi connectivity index (χ2n) is 3.91. The van der Waals surface area contributed by atoms with E-state index in [0.717, 1.165) is 5.56 Å². The summed E-state index contributed by atoms with van der Waals surface area (Å²) in [4.78, 5) is 11.3. The molecule has 0 aliphatic carbocycles. The van der Waals surface area contributed by atoms with Crippen LogP contribution < -0.4 is 10.5 Å². The standard InChI is InChI=1S/C13H18FNO3.ClH/c1-4-18-13(16)11(14)12(15)9-5-6-10(17-3)8(2)7-9;/h5-7,11-12H,4,15H2,1-3H3;1H/t11?,12-;/m0./s1. The molecule has 108 valence electrons. The number of ether oxygens (including phenoxy) is 2. The molecule has 0 bridgehead atoms. The summed E-state index contributed by atoms with van der Waals surface area (Å²) in [5, 5.41) is 0. The van der Waals surface area contributed by atoms with Crippen LogP contribution in [0.2, 0.25) is 0 Å². The van der Waals surface area contributed by atoms with E-state index >= 15 is 0 Å². The Hall–Kier alpha value is -1.33. The van der Waals surface area contributed by atoms with Crippen molar-refractivity contribution in [3.05, 3.63) is 29.3 Å². The number of hydrogen-bond donors (Lipinski definition) is 1. The predicted octanol–water partition coefficient (Wildman–Crippen LogP) is 2.33. The van der Waals surface area contributed by atoms with Crippen molar-refractivity contribution in [2.45, 2.75) is 26.1 Å². The summed E-state index contributed by atoms with van der Waals surface area (Å²) >= 11 is 0. The highest BCUT2D eigenvalue weighted by molar-refractivity contribution is 5.85. The fourth-order valence-corrected chi connectivity index (χ4v) is 1.65. The summed E-state index contributed by atoms with van der Waals surface area (Å²) in [6.45, 7) is 3.58. The first-order chi connectivity index (χ1) is 8.51. The minimum atomic E-state index is -1.86. The van der Waals surface area contributed by atoms with Gasteiger partial charge in [0.05, 0.1) is 19.8 Å². The van der Waals surface area contributed by atoms with Gasteiger partial charge in [-0.2, -0.15) is 0 Å². The van der Waals surface area contributed by atoms with Gasteiger partial charge >= 0.3 is 5.97 Å². The molecule has 1 unspecified atom stereocenters. The van der Waals surface area contributed by atoms with Crippen molar-refractivity contribution in [1.29, 1.82) is 0 Å². The highest BCUT2D eigenvalue weighted by Gasteiger charge is 2.27. The van der Waals surface area contributed by atoms with E-state index in [9.17, 15) is 9.18 Å². The number of rotatable bonds is 5. The fraction of sp³-hybridized carbons (Fsp3) is 0.462. The van der Waals surface area contributed by atoms with E-state index in [4.69, 9.17) is 10.5 Å². The molecule has 4 nitrogen and oxygen atoms in total. The zero-order chi connectivity index (χ0) is 13.7. The highest BCUT2D eigenvalue weighted by Crippen LogP contribution is 2.24. The molecule has 19 heavy (non-hydrogen) atoms. The van der Waals surface area contributed by atoms with Crippen LogP contribution in [0.15, 0.2) is 18.2 Å². The molecule has 1 aromatic carbocycles. The maximum atomic E-state index is 13.7. The monoisotopic (exact) mass is 291 g/mol. The van der Waals surface area contributed by atoms with Crippen LogP contribution in [0, 0.1) is 6.92 Å². The molecule has 0 heterocycles. The van der Waals surface area contributed by atoms with Gasteiger partial charge in [-0.05, 0) is 31.0 Å². The first-order valence-electron chi connectivity index (χ1n) is 5.72. The minimum Gasteiger partial charge on any atom is -0.496 e. The first-order valence-corrected chi connectivity index (χ1v) is 5.72. The number of aryl methyl sites for hydroxylation is 1. The van der Waals surface area contributed by atoms with Gasteiger partial charge in [0.1, 0.15) is 5.75 Å². The van der Waals surface area contributed by atoms with Crippen LogP contribution in [0.4, 0.5) is 4.39 Å². The fourth-order valence-electron chi connectivity index (χ4n) is 1.65. The van der Waals surface area contributed by atoms with Crippen LogP contribution in [0.25, 0.3) is 0 Å². The van der Waals surface area contributed by atoms with Crippen molar-refractivity contribution >= 4 is 18.4 Å². The van der Waals surface area contributed by atoms with Crippen LogP contribution in [0.3, 0.4) is 0 Å². The average molecular weight is 292 g/mol. The van der Waals surface area contributed by atoms with Crippen molar-refractivity contribution in [3.8, 4) is 5.75 Å². The number of methoxy groups -OCH3 is 1. The molecule has 0 aliphatic heterocycles. The summed E-state index contributed by atoms with van der Waals surface area (Å²) in [5.41, 5.74) is 7.08. The number of benzene rings is 1. The van der Waals surface area contributed by atoms with Gasteiger partial charge in [-0.3, -0.25) is 0 Å². The summed E-state index contributed by atoms with van der Waals surface area (Å²) in [5.74, 6) is -0.240. The molecular weight excluding hydrogens is 273 g/mol. The Bertz CT molecular complexity index is 428. The molecule has 0 radical (unpaired) electrons. The van der Waals surface area contributed by atoms with Crippen molar-refractivity contribution < 1.29 is 18.7 Å². The Labute approximate surface area is 118 Å². The number of alkyl halides is 1. The van der Waals surface area contributed by atoms with E-state index in [1.54, 1.807) is 32.2 Å². The molecule has 0 saturated carbocycles. The number of halogens is 2. The van der Waals surface area contributed by atoms with Gasteiger partial charge in [-0.15, -0.1) is 12.4 Å². The van der Waals surface area contributed by atoms with E-state index in [0.29, 0.717) is 11.3 Å². The summed E-state index contributed by atoms with van der Waals surface area (Å²) < 4.78 is 23.4. The largest absolute Gasteiger partial charge is 0.496 e. The highest BCUT2D eigenvalue weighted by atomic mass is 35.5. The molecule has 2 N–H and O–H groups in total. The Balaban J connectivity index is 0.00000324. The van der Waals surface area contributed by atoms with Gasteiger partial charge in [-0.25, -0.2) is 9.18 Å². The van der Waals surface area contributed by atoms with Gasteiger partial charge in [0.25, 0.3) is 0 Å². The third kappa shape index (κ3) is 4.36. The third-order valence-corrected chi connectivity index (χ3v) is 2.63. The number of carbonyl (C=O) groups is 1. The Morgan fingerprint density at radius 1 is 1.47 bits per heavy atom. The normalized spacial score (nSPS) is 13.1.